The van der Waals surface area contributed by atoms with Crippen molar-refractivity contribution in [3.8, 4) is 0 Å². The van der Waals surface area contributed by atoms with Gasteiger partial charge in [0.15, 0.2) is 0 Å². The third kappa shape index (κ3) is 2.15. The highest BCUT2D eigenvalue weighted by molar-refractivity contribution is 5.85. The van der Waals surface area contributed by atoms with Gasteiger partial charge < -0.3 is 9.64 Å². The average Bonchev–Trinajstić information content (AvgIpc) is 3.32. The standard InChI is InChI=1S/C20H25FN2O/c21-17-5-2-14(3-6-17)19-15-1-4-16(13-15)20(19)8-7-18(22-20)23-9-11-24-12-10-23/h2-3,5-6,15-16,19H,1,4,7-13H2. The van der Waals surface area contributed by atoms with Gasteiger partial charge in [-0.3, -0.25) is 4.99 Å². The molecule has 0 N–H and O–H groups in total. The minimum absolute atomic E-state index is 0.0778. The molecule has 128 valence electrons. The Balaban J connectivity index is 1.50. The Kier molecular flexibility index (Phi) is 3.44. The Morgan fingerprint density at radius 2 is 1.92 bits per heavy atom. The van der Waals surface area contributed by atoms with Crippen molar-refractivity contribution in [3.63, 3.8) is 0 Å². The van der Waals surface area contributed by atoms with Gasteiger partial charge in [0.2, 0.25) is 0 Å². The van der Waals surface area contributed by atoms with Crippen LogP contribution >= 0.6 is 0 Å². The van der Waals surface area contributed by atoms with E-state index in [2.05, 4.69) is 4.90 Å². The van der Waals surface area contributed by atoms with E-state index in [4.69, 9.17) is 9.73 Å². The lowest BCUT2D eigenvalue weighted by atomic mass is 9.69. The van der Waals surface area contributed by atoms with Crippen LogP contribution in [0.15, 0.2) is 29.3 Å². The summed E-state index contributed by atoms with van der Waals surface area (Å²) in [4.78, 5) is 7.84. The van der Waals surface area contributed by atoms with E-state index < -0.39 is 0 Å². The third-order valence-corrected chi connectivity index (χ3v) is 6.88. The van der Waals surface area contributed by atoms with Gasteiger partial charge >= 0.3 is 0 Å². The molecule has 2 saturated carbocycles. The Bertz CT molecular complexity index is 652. The number of amidine groups is 1. The molecule has 1 aromatic rings. The van der Waals surface area contributed by atoms with E-state index in [0.29, 0.717) is 5.92 Å². The van der Waals surface area contributed by atoms with Crippen LogP contribution in [-0.2, 0) is 4.74 Å². The summed E-state index contributed by atoms with van der Waals surface area (Å²) in [7, 11) is 0. The first-order chi connectivity index (χ1) is 11.8. The lowest BCUT2D eigenvalue weighted by molar-refractivity contribution is 0.0674. The highest BCUT2D eigenvalue weighted by Crippen LogP contribution is 2.63. The quantitative estimate of drug-likeness (QED) is 0.787. The molecule has 2 aliphatic carbocycles. The minimum Gasteiger partial charge on any atom is -0.378 e. The summed E-state index contributed by atoms with van der Waals surface area (Å²) in [6, 6.07) is 7.25. The fourth-order valence-corrected chi connectivity index (χ4v) is 5.90. The van der Waals surface area contributed by atoms with Gasteiger partial charge in [0.05, 0.1) is 24.6 Å². The number of aliphatic imine (C=N–C) groups is 1. The van der Waals surface area contributed by atoms with Crippen LogP contribution in [0.25, 0.3) is 0 Å². The van der Waals surface area contributed by atoms with Crippen LogP contribution < -0.4 is 0 Å². The van der Waals surface area contributed by atoms with E-state index in [1.54, 1.807) is 12.1 Å². The molecule has 4 heteroatoms. The van der Waals surface area contributed by atoms with Crippen LogP contribution in [0.2, 0.25) is 0 Å². The molecule has 2 bridgehead atoms. The number of morpholine rings is 1. The molecular weight excluding hydrogens is 303 g/mol. The monoisotopic (exact) mass is 328 g/mol. The maximum Gasteiger partial charge on any atom is 0.123 e. The van der Waals surface area contributed by atoms with E-state index in [9.17, 15) is 4.39 Å². The Labute approximate surface area is 142 Å². The SMILES string of the molecule is Fc1ccc(C2C3CCC(C3)C23CCC(N2CCOCC2)=N3)cc1. The Morgan fingerprint density at radius 3 is 2.71 bits per heavy atom. The normalized spacial score (nSPS) is 38.1. The molecule has 4 aliphatic rings. The van der Waals surface area contributed by atoms with Gasteiger partial charge in [0.1, 0.15) is 5.82 Å². The second-order valence-electron chi connectivity index (χ2n) is 7.92. The van der Waals surface area contributed by atoms with Gasteiger partial charge in [-0.25, -0.2) is 4.39 Å². The predicted octanol–water partition coefficient (Wildman–Crippen LogP) is 3.60. The van der Waals surface area contributed by atoms with Gasteiger partial charge in [-0.15, -0.1) is 0 Å². The van der Waals surface area contributed by atoms with Gasteiger partial charge in [-0.2, -0.15) is 0 Å². The van der Waals surface area contributed by atoms with Crippen molar-refractivity contribution in [2.24, 2.45) is 16.8 Å². The van der Waals surface area contributed by atoms with E-state index in [0.717, 1.165) is 44.6 Å². The molecule has 24 heavy (non-hydrogen) atoms. The maximum absolute atomic E-state index is 13.4. The number of halogens is 1. The van der Waals surface area contributed by atoms with Crippen molar-refractivity contribution in [3.05, 3.63) is 35.6 Å². The van der Waals surface area contributed by atoms with Crippen molar-refractivity contribution in [2.45, 2.75) is 43.6 Å². The van der Waals surface area contributed by atoms with Gasteiger partial charge in [0.25, 0.3) is 0 Å². The zero-order valence-corrected chi connectivity index (χ0v) is 14.1. The summed E-state index contributed by atoms with van der Waals surface area (Å²) in [5, 5.41) is 0. The van der Waals surface area contributed by atoms with Crippen molar-refractivity contribution in [1.29, 1.82) is 0 Å². The highest BCUT2D eigenvalue weighted by Gasteiger charge is 2.60. The minimum atomic E-state index is -0.139. The number of fused-ring (bicyclic) bond motifs is 3. The van der Waals surface area contributed by atoms with E-state index >= 15 is 0 Å². The number of hydrogen-bond donors (Lipinski definition) is 0. The number of rotatable bonds is 1. The topological polar surface area (TPSA) is 24.8 Å². The second kappa shape index (κ2) is 5.55. The zero-order valence-electron chi connectivity index (χ0n) is 14.1. The van der Waals surface area contributed by atoms with Crippen LogP contribution in [0.4, 0.5) is 4.39 Å². The predicted molar refractivity (Wildman–Crippen MR) is 91.8 cm³/mol. The van der Waals surface area contributed by atoms with Crippen LogP contribution in [0.3, 0.4) is 0 Å². The molecule has 5 rings (SSSR count). The lowest BCUT2D eigenvalue weighted by Crippen LogP contribution is -2.41. The maximum atomic E-state index is 13.4. The summed E-state index contributed by atoms with van der Waals surface area (Å²) < 4.78 is 18.9. The van der Waals surface area contributed by atoms with Gasteiger partial charge in [0, 0.05) is 25.4 Å². The summed E-state index contributed by atoms with van der Waals surface area (Å²) in [5.74, 6) is 3.09. The number of hydrogen-bond acceptors (Lipinski definition) is 3. The fraction of sp³-hybridized carbons (Fsp3) is 0.650. The van der Waals surface area contributed by atoms with Gasteiger partial charge in [-0.05, 0) is 55.2 Å². The second-order valence-corrected chi connectivity index (χ2v) is 7.92. The van der Waals surface area contributed by atoms with Crippen molar-refractivity contribution >= 4 is 5.84 Å². The number of nitrogens with zero attached hydrogens (tertiary/aromatic N) is 2. The highest BCUT2D eigenvalue weighted by atomic mass is 19.1. The number of benzene rings is 1. The van der Waals surface area contributed by atoms with E-state index in [1.807, 2.05) is 12.1 Å². The summed E-state index contributed by atoms with van der Waals surface area (Å²) >= 11 is 0. The molecule has 0 amide bonds. The van der Waals surface area contributed by atoms with Crippen LogP contribution in [0.5, 0.6) is 0 Å². The molecular formula is C20H25FN2O. The third-order valence-electron chi connectivity index (χ3n) is 6.88. The first-order valence-electron chi connectivity index (χ1n) is 9.43. The van der Waals surface area contributed by atoms with E-state index in [1.165, 1.54) is 37.1 Å². The molecule has 3 nitrogen and oxygen atoms in total. The Hall–Kier alpha value is -1.42. The molecule has 1 spiro atoms. The molecule has 4 unspecified atom stereocenters. The first kappa shape index (κ1) is 14.9. The molecule has 0 radical (unpaired) electrons. The molecule has 2 aliphatic heterocycles. The van der Waals surface area contributed by atoms with Crippen molar-refractivity contribution in [1.82, 2.24) is 4.90 Å². The zero-order chi connectivity index (χ0) is 16.1. The lowest BCUT2D eigenvalue weighted by Gasteiger charge is -2.39. The smallest absolute Gasteiger partial charge is 0.123 e. The first-order valence-corrected chi connectivity index (χ1v) is 9.43. The molecule has 0 aromatic heterocycles. The fourth-order valence-electron chi connectivity index (χ4n) is 5.90. The van der Waals surface area contributed by atoms with Crippen molar-refractivity contribution < 1.29 is 9.13 Å². The summed E-state index contributed by atoms with van der Waals surface area (Å²) in [6.07, 6.45) is 6.21. The summed E-state index contributed by atoms with van der Waals surface area (Å²) in [6.45, 7) is 3.59. The van der Waals surface area contributed by atoms with Gasteiger partial charge in [-0.1, -0.05) is 12.1 Å². The number of ether oxygens (including phenoxy) is 1. The van der Waals surface area contributed by atoms with Crippen molar-refractivity contribution in [2.75, 3.05) is 26.3 Å². The molecule has 1 saturated heterocycles. The van der Waals surface area contributed by atoms with E-state index in [-0.39, 0.29) is 11.4 Å². The Morgan fingerprint density at radius 1 is 1.12 bits per heavy atom. The summed E-state index contributed by atoms with van der Waals surface area (Å²) in [5.41, 5.74) is 1.38. The average molecular weight is 328 g/mol. The molecule has 3 fully saturated rings. The largest absolute Gasteiger partial charge is 0.378 e. The molecule has 4 atom stereocenters. The van der Waals surface area contributed by atoms with Crippen LogP contribution in [0, 0.1) is 17.7 Å². The van der Waals surface area contributed by atoms with Crippen LogP contribution in [-0.4, -0.2) is 42.6 Å². The van der Waals surface area contributed by atoms with Crippen LogP contribution in [0.1, 0.15) is 43.6 Å². The molecule has 1 aromatic carbocycles. The molecule has 2 heterocycles.